The van der Waals surface area contributed by atoms with Gasteiger partial charge in [0.05, 0.1) is 32.0 Å². The van der Waals surface area contributed by atoms with Gasteiger partial charge in [0.1, 0.15) is 24.4 Å². The van der Waals surface area contributed by atoms with Gasteiger partial charge in [0.25, 0.3) is 0 Å². The third-order valence-corrected chi connectivity index (χ3v) is 17.9. The molecule has 1 aliphatic heterocycles. The van der Waals surface area contributed by atoms with Crippen molar-refractivity contribution < 1.29 is 49.3 Å². The highest BCUT2D eigenvalue weighted by atomic mass is 16.7. The second-order valence-electron chi connectivity index (χ2n) is 26.3. The van der Waals surface area contributed by atoms with E-state index in [2.05, 4.69) is 55.6 Å². The average molecular weight is 1240 g/mol. The summed E-state index contributed by atoms with van der Waals surface area (Å²) in [6.45, 7) is 4.34. The molecule has 6 N–H and O–H groups in total. The number of allylic oxidation sites excluding steroid dienone is 7. The van der Waals surface area contributed by atoms with E-state index in [-0.39, 0.29) is 18.5 Å². The SMILES string of the molecule is CCCC/C=C\CCCCCCCC(=O)OCCCCCCCCCCCCCCC/C=C\C/C=C\CCCCCCCCCCCCCCCCCCCC(=O)NC(COC1OC(CO)C(O)C(O)C1O)C(O)/C=C/CCCCCCCCCCCC. The van der Waals surface area contributed by atoms with E-state index in [1.54, 1.807) is 6.08 Å². The van der Waals surface area contributed by atoms with Gasteiger partial charge in [-0.3, -0.25) is 9.59 Å². The molecule has 1 heterocycles. The number of carbonyl (C=O) groups excluding carboxylic acids is 2. The summed E-state index contributed by atoms with van der Waals surface area (Å²) in [7, 11) is 0. The van der Waals surface area contributed by atoms with Crippen molar-refractivity contribution >= 4 is 11.9 Å². The molecule has 0 spiro atoms. The van der Waals surface area contributed by atoms with Gasteiger partial charge in [-0.15, -0.1) is 0 Å². The molecule has 0 radical (unpaired) electrons. The number of hydrogen-bond acceptors (Lipinski definition) is 10. The van der Waals surface area contributed by atoms with Crippen LogP contribution in [0.5, 0.6) is 0 Å². The summed E-state index contributed by atoms with van der Waals surface area (Å²) in [5.74, 6) is -0.176. The van der Waals surface area contributed by atoms with Crippen LogP contribution in [0, 0.1) is 0 Å². The minimum absolute atomic E-state index is 0.00152. The zero-order chi connectivity index (χ0) is 63.7. The van der Waals surface area contributed by atoms with Crippen molar-refractivity contribution in [2.45, 2.75) is 410 Å². The molecule has 0 bridgehead atoms. The summed E-state index contributed by atoms with van der Waals surface area (Å²) in [4.78, 5) is 25.1. The average Bonchev–Trinajstić information content (AvgIpc) is 2.89. The Morgan fingerprint density at radius 1 is 0.420 bits per heavy atom. The maximum absolute atomic E-state index is 13.1. The van der Waals surface area contributed by atoms with Crippen LogP contribution in [0.2, 0.25) is 0 Å². The van der Waals surface area contributed by atoms with E-state index in [4.69, 9.17) is 14.2 Å². The Labute approximate surface area is 542 Å². The Kier molecular flexibility index (Phi) is 62.8. The summed E-state index contributed by atoms with van der Waals surface area (Å²) >= 11 is 0. The molecule has 1 saturated heterocycles. The lowest BCUT2D eigenvalue weighted by atomic mass is 9.99. The number of hydrogen-bond donors (Lipinski definition) is 6. The second kappa shape index (κ2) is 66.1. The predicted octanol–water partition coefficient (Wildman–Crippen LogP) is 19.9. The molecule has 11 heteroatoms. The lowest BCUT2D eigenvalue weighted by molar-refractivity contribution is -0.302. The zero-order valence-corrected chi connectivity index (χ0v) is 57.4. The zero-order valence-electron chi connectivity index (χ0n) is 57.4. The molecule has 1 fully saturated rings. The van der Waals surface area contributed by atoms with Crippen molar-refractivity contribution in [1.82, 2.24) is 5.32 Å². The second-order valence-corrected chi connectivity index (χ2v) is 26.3. The van der Waals surface area contributed by atoms with Crippen molar-refractivity contribution in [3.05, 3.63) is 48.6 Å². The number of carbonyl (C=O) groups is 2. The van der Waals surface area contributed by atoms with Crippen LogP contribution in [0.4, 0.5) is 0 Å². The Morgan fingerprint density at radius 3 is 1.19 bits per heavy atom. The Morgan fingerprint density at radius 2 is 0.773 bits per heavy atom. The highest BCUT2D eigenvalue weighted by Crippen LogP contribution is 2.23. The van der Waals surface area contributed by atoms with Crippen molar-refractivity contribution in [3.63, 3.8) is 0 Å². The minimum Gasteiger partial charge on any atom is -0.466 e. The van der Waals surface area contributed by atoms with Crippen molar-refractivity contribution in [1.29, 1.82) is 0 Å². The van der Waals surface area contributed by atoms with Gasteiger partial charge in [0, 0.05) is 12.8 Å². The number of nitrogens with one attached hydrogen (secondary N) is 1. The number of aliphatic hydroxyl groups excluding tert-OH is 5. The third-order valence-electron chi connectivity index (χ3n) is 17.9. The fraction of sp³-hybridized carbons (Fsp3) is 0.870. The first-order valence-electron chi connectivity index (χ1n) is 37.9. The van der Waals surface area contributed by atoms with Gasteiger partial charge in [-0.2, -0.15) is 0 Å². The van der Waals surface area contributed by atoms with Gasteiger partial charge in [-0.25, -0.2) is 0 Å². The van der Waals surface area contributed by atoms with E-state index in [9.17, 15) is 35.1 Å². The number of ether oxygens (including phenoxy) is 3. The first kappa shape index (κ1) is 83.6. The number of aliphatic hydroxyl groups is 5. The molecular weight excluding hydrogens is 1100 g/mol. The number of amides is 1. The van der Waals surface area contributed by atoms with Crippen LogP contribution in [0.1, 0.15) is 367 Å². The maximum atomic E-state index is 13.1. The Balaban J connectivity index is 1.93. The van der Waals surface area contributed by atoms with Crippen LogP contribution in [0.3, 0.4) is 0 Å². The van der Waals surface area contributed by atoms with Crippen molar-refractivity contribution in [2.75, 3.05) is 19.8 Å². The molecule has 11 nitrogen and oxygen atoms in total. The lowest BCUT2D eigenvalue weighted by Gasteiger charge is -2.40. The monoisotopic (exact) mass is 1240 g/mol. The number of unbranched alkanes of at least 4 members (excludes halogenated alkanes) is 47. The van der Waals surface area contributed by atoms with Crippen LogP contribution >= 0.6 is 0 Å². The molecule has 1 amide bonds. The smallest absolute Gasteiger partial charge is 0.305 e. The first-order valence-corrected chi connectivity index (χ1v) is 37.9. The largest absolute Gasteiger partial charge is 0.466 e. The summed E-state index contributed by atoms with van der Waals surface area (Å²) in [6, 6.07) is -0.808. The molecular formula is C77H143NO10. The van der Waals surface area contributed by atoms with E-state index in [1.165, 1.54) is 276 Å². The van der Waals surface area contributed by atoms with Gasteiger partial charge in [0.2, 0.25) is 5.91 Å². The van der Waals surface area contributed by atoms with Crippen LogP contribution in [0.15, 0.2) is 48.6 Å². The molecule has 1 rings (SSSR count). The van der Waals surface area contributed by atoms with Gasteiger partial charge in [-0.1, -0.05) is 319 Å². The summed E-state index contributed by atoms with van der Waals surface area (Å²) < 4.78 is 16.7. The molecule has 0 aromatic heterocycles. The highest BCUT2D eigenvalue weighted by Gasteiger charge is 2.44. The van der Waals surface area contributed by atoms with E-state index in [0.29, 0.717) is 19.4 Å². The first-order chi connectivity index (χ1) is 43.2. The third kappa shape index (κ3) is 54.2. The van der Waals surface area contributed by atoms with Crippen molar-refractivity contribution in [2.24, 2.45) is 0 Å². The molecule has 0 saturated carbocycles. The van der Waals surface area contributed by atoms with E-state index in [0.717, 1.165) is 64.2 Å². The normalized spacial score (nSPS) is 18.0. The minimum atomic E-state index is -1.57. The molecule has 0 aromatic carbocycles. The topological polar surface area (TPSA) is 175 Å². The lowest BCUT2D eigenvalue weighted by Crippen LogP contribution is -2.60. The molecule has 516 valence electrons. The van der Waals surface area contributed by atoms with E-state index < -0.39 is 49.5 Å². The van der Waals surface area contributed by atoms with E-state index in [1.807, 2.05) is 6.08 Å². The van der Waals surface area contributed by atoms with Gasteiger partial charge in [0.15, 0.2) is 6.29 Å². The molecule has 7 atom stereocenters. The summed E-state index contributed by atoms with van der Waals surface area (Å²) in [5, 5.41) is 54.5. The quantitative estimate of drug-likeness (QED) is 0.0195. The summed E-state index contributed by atoms with van der Waals surface area (Å²) in [6.07, 6.45) is 77.0. The standard InChI is InChI=1S/C77H143NO10/c1-3-5-7-9-11-13-15-44-47-51-55-59-63-70(80)69(68-87-77-76(85)75(84)74(83)71(67-79)88-77)78-72(81)64-60-56-52-48-45-41-39-37-35-33-31-29-27-25-23-21-19-17-16-18-20-22-24-26-28-30-32-34-36-38-40-42-46-50-54-58-62-66-86-73(82)65-61-57-53-49-43-14-12-10-8-6-4-2/h10,12,16,18,22,24,59,63,69-71,74-77,79-80,83-85H,3-9,11,13-15,17,19-21,23,25-58,60-62,64-68H2,1-2H3,(H,78,81)/b12-10-,18-16-,24-22-,63-59+. The van der Waals surface area contributed by atoms with Gasteiger partial charge < -0.3 is 45.1 Å². The number of rotatable bonds is 67. The molecule has 0 aliphatic carbocycles. The molecule has 1 aliphatic rings. The number of esters is 1. The fourth-order valence-electron chi connectivity index (χ4n) is 11.9. The highest BCUT2D eigenvalue weighted by molar-refractivity contribution is 5.76. The van der Waals surface area contributed by atoms with Crippen molar-refractivity contribution in [3.8, 4) is 0 Å². The summed E-state index contributed by atoms with van der Waals surface area (Å²) in [5.41, 5.74) is 0. The molecule has 7 unspecified atom stereocenters. The van der Waals surface area contributed by atoms with Crippen LogP contribution < -0.4 is 5.32 Å². The van der Waals surface area contributed by atoms with Gasteiger partial charge >= 0.3 is 5.97 Å². The molecule has 88 heavy (non-hydrogen) atoms. The Hall–Kier alpha value is -2.38. The Bertz CT molecular complexity index is 1600. The van der Waals surface area contributed by atoms with Crippen LogP contribution in [0.25, 0.3) is 0 Å². The van der Waals surface area contributed by atoms with Gasteiger partial charge in [-0.05, 0) is 83.5 Å². The predicted molar refractivity (Wildman–Crippen MR) is 370 cm³/mol. The fourth-order valence-corrected chi connectivity index (χ4v) is 11.9. The van der Waals surface area contributed by atoms with Crippen LogP contribution in [-0.4, -0.2) is 100 Å². The van der Waals surface area contributed by atoms with Crippen LogP contribution in [-0.2, 0) is 23.8 Å². The maximum Gasteiger partial charge on any atom is 0.305 e. The van der Waals surface area contributed by atoms with E-state index >= 15 is 0 Å². The molecule has 0 aromatic rings.